The van der Waals surface area contributed by atoms with Gasteiger partial charge in [-0.05, 0) is 43.0 Å². The number of piperidine rings is 1. The summed E-state index contributed by atoms with van der Waals surface area (Å²) in [5.74, 6) is 0.334. The van der Waals surface area contributed by atoms with Crippen LogP contribution in [0.1, 0.15) is 31.0 Å². The number of nitrogens with one attached hydrogen (secondary N) is 1. The predicted octanol–water partition coefficient (Wildman–Crippen LogP) is 2.47. The normalized spacial score (nSPS) is 16.2. The van der Waals surface area contributed by atoms with Gasteiger partial charge in [-0.15, -0.1) is 10.2 Å². The molecule has 0 bridgehead atoms. The summed E-state index contributed by atoms with van der Waals surface area (Å²) in [6.07, 6.45) is 4.68. The quantitative estimate of drug-likeness (QED) is 0.734. The lowest BCUT2D eigenvalue weighted by molar-refractivity contribution is 0.211. The second kappa shape index (κ2) is 7.29. The van der Waals surface area contributed by atoms with Crippen LogP contribution >= 0.6 is 0 Å². The van der Waals surface area contributed by atoms with Crippen molar-refractivity contribution in [2.24, 2.45) is 0 Å². The van der Waals surface area contributed by atoms with Crippen molar-refractivity contribution in [2.45, 2.75) is 38.8 Å². The third-order valence-corrected chi connectivity index (χ3v) is 4.94. The summed E-state index contributed by atoms with van der Waals surface area (Å²) in [4.78, 5) is 2.43. The molecule has 3 heterocycles. The molecule has 0 saturated carbocycles. The lowest BCUT2D eigenvalue weighted by Gasteiger charge is -2.33. The van der Waals surface area contributed by atoms with E-state index in [9.17, 15) is 5.11 Å². The lowest BCUT2D eigenvalue weighted by Crippen LogP contribution is -2.38. The lowest BCUT2D eigenvalue weighted by atomic mass is 10.0. The number of aromatic hydroxyl groups is 1. The minimum absolute atomic E-state index is 0.334. The van der Waals surface area contributed by atoms with Crippen molar-refractivity contribution in [1.82, 2.24) is 24.7 Å². The van der Waals surface area contributed by atoms with E-state index in [1.165, 1.54) is 0 Å². The Hall–Kier alpha value is -2.67. The smallest absolute Gasteiger partial charge is 0.200 e. The fourth-order valence-corrected chi connectivity index (χ4v) is 3.53. The molecule has 0 atom stereocenters. The van der Waals surface area contributed by atoms with Gasteiger partial charge in [-0.2, -0.15) is 9.61 Å². The summed E-state index contributed by atoms with van der Waals surface area (Å²) in [5.41, 5.74) is 3.98. The largest absolute Gasteiger partial charge is 0.508 e. The molecule has 4 rings (SSSR count). The molecule has 1 fully saturated rings. The number of anilines is 1. The fraction of sp³-hybridized carbons (Fsp3) is 0.421. The second-order valence-electron chi connectivity index (χ2n) is 6.87. The monoisotopic (exact) mass is 352 g/mol. The van der Waals surface area contributed by atoms with E-state index in [1.54, 1.807) is 16.9 Å². The molecule has 1 aliphatic heterocycles. The highest BCUT2D eigenvalue weighted by Crippen LogP contribution is 2.22. The number of fused-ring (bicyclic) bond motifs is 1. The Morgan fingerprint density at radius 1 is 1.23 bits per heavy atom. The first kappa shape index (κ1) is 16.8. The van der Waals surface area contributed by atoms with Crippen molar-refractivity contribution < 1.29 is 5.11 Å². The first-order chi connectivity index (χ1) is 12.7. The predicted molar refractivity (Wildman–Crippen MR) is 100 cm³/mol. The van der Waals surface area contributed by atoms with Crippen molar-refractivity contribution in [3.05, 3.63) is 47.9 Å². The maximum atomic E-state index is 9.61. The zero-order valence-corrected chi connectivity index (χ0v) is 15.0. The Bertz CT molecular complexity index is 885. The average molecular weight is 352 g/mol. The molecule has 0 aliphatic carbocycles. The fourth-order valence-electron chi connectivity index (χ4n) is 3.53. The molecule has 1 aliphatic rings. The van der Waals surface area contributed by atoms with Crippen molar-refractivity contribution in [2.75, 3.05) is 18.4 Å². The molecule has 7 heteroatoms. The number of hydrogen-bond acceptors (Lipinski definition) is 6. The van der Waals surface area contributed by atoms with Crippen LogP contribution in [0.2, 0.25) is 0 Å². The minimum atomic E-state index is 0.334. The van der Waals surface area contributed by atoms with Crippen LogP contribution in [-0.2, 0) is 13.0 Å². The number of hydrogen-bond donors (Lipinski definition) is 2. The number of phenolic OH excluding ortho intramolecular Hbond substituents is 1. The van der Waals surface area contributed by atoms with Crippen LogP contribution in [0.5, 0.6) is 5.75 Å². The van der Waals surface area contributed by atoms with Crippen molar-refractivity contribution in [3.63, 3.8) is 0 Å². The number of phenols is 1. The van der Waals surface area contributed by atoms with E-state index in [0.29, 0.717) is 11.8 Å². The van der Waals surface area contributed by atoms with Crippen LogP contribution in [0.25, 0.3) is 5.65 Å². The second-order valence-corrected chi connectivity index (χ2v) is 6.87. The van der Waals surface area contributed by atoms with Crippen LogP contribution in [0, 0.1) is 0 Å². The van der Waals surface area contributed by atoms with Gasteiger partial charge < -0.3 is 10.4 Å². The Morgan fingerprint density at radius 3 is 2.85 bits per heavy atom. The van der Waals surface area contributed by atoms with Gasteiger partial charge in [0.2, 0.25) is 5.65 Å². The van der Waals surface area contributed by atoms with E-state index in [4.69, 9.17) is 0 Å². The SMILES string of the molecule is CCc1cc(NC2CCN(Cc3cccc(O)c3)CC2)c2nncn2n1. The molecule has 3 aromatic rings. The van der Waals surface area contributed by atoms with Gasteiger partial charge >= 0.3 is 0 Å². The molecule has 26 heavy (non-hydrogen) atoms. The number of benzene rings is 1. The summed E-state index contributed by atoms with van der Waals surface area (Å²) in [5, 5.41) is 25.9. The molecule has 2 N–H and O–H groups in total. The Balaban J connectivity index is 1.39. The third kappa shape index (κ3) is 3.62. The zero-order valence-electron chi connectivity index (χ0n) is 15.0. The Labute approximate surface area is 152 Å². The molecule has 2 aromatic heterocycles. The zero-order chi connectivity index (χ0) is 17.9. The molecule has 1 saturated heterocycles. The van der Waals surface area contributed by atoms with Crippen molar-refractivity contribution >= 4 is 11.3 Å². The van der Waals surface area contributed by atoms with Crippen LogP contribution in [0.15, 0.2) is 36.7 Å². The van der Waals surface area contributed by atoms with Gasteiger partial charge in [0, 0.05) is 25.7 Å². The van der Waals surface area contributed by atoms with Crippen molar-refractivity contribution in [1.29, 1.82) is 0 Å². The first-order valence-electron chi connectivity index (χ1n) is 9.18. The summed E-state index contributed by atoms with van der Waals surface area (Å²) in [6.45, 7) is 5.04. The number of nitrogens with zero attached hydrogens (tertiary/aromatic N) is 5. The molecule has 0 unspecified atom stereocenters. The van der Waals surface area contributed by atoms with Gasteiger partial charge in [0.05, 0.1) is 11.4 Å². The van der Waals surface area contributed by atoms with Gasteiger partial charge in [0.15, 0.2) is 0 Å². The van der Waals surface area contributed by atoms with E-state index in [2.05, 4.69) is 44.6 Å². The Morgan fingerprint density at radius 2 is 2.08 bits per heavy atom. The number of aryl methyl sites for hydroxylation is 1. The third-order valence-electron chi connectivity index (χ3n) is 4.94. The van der Waals surface area contributed by atoms with Crippen LogP contribution in [0.3, 0.4) is 0 Å². The van der Waals surface area contributed by atoms with E-state index < -0.39 is 0 Å². The minimum Gasteiger partial charge on any atom is -0.508 e. The summed E-state index contributed by atoms with van der Waals surface area (Å²) < 4.78 is 1.75. The maximum Gasteiger partial charge on any atom is 0.200 e. The molecule has 0 radical (unpaired) electrons. The van der Waals surface area contributed by atoms with Gasteiger partial charge in [-0.3, -0.25) is 4.90 Å². The van der Waals surface area contributed by atoms with Crippen LogP contribution < -0.4 is 5.32 Å². The standard InChI is InChI=1S/C19H24N6O/c1-2-15-11-18(19-22-20-13-25(19)23-15)21-16-6-8-24(9-7-16)12-14-4-3-5-17(26)10-14/h3-5,10-11,13,16,21,26H,2,6-9,12H2,1H3. The highest BCUT2D eigenvalue weighted by Gasteiger charge is 2.20. The average Bonchev–Trinajstić information content (AvgIpc) is 3.12. The van der Waals surface area contributed by atoms with Gasteiger partial charge in [-0.1, -0.05) is 19.1 Å². The van der Waals surface area contributed by atoms with E-state index >= 15 is 0 Å². The number of aromatic nitrogens is 4. The van der Waals surface area contributed by atoms with E-state index in [0.717, 1.165) is 61.5 Å². The van der Waals surface area contributed by atoms with Gasteiger partial charge in [0.25, 0.3) is 0 Å². The molecular weight excluding hydrogens is 328 g/mol. The number of likely N-dealkylation sites (tertiary alicyclic amines) is 1. The number of rotatable bonds is 5. The molecule has 0 amide bonds. The summed E-state index contributed by atoms with van der Waals surface area (Å²) in [6, 6.07) is 10.0. The highest BCUT2D eigenvalue weighted by molar-refractivity contribution is 5.67. The molecule has 1 aromatic carbocycles. The Kier molecular flexibility index (Phi) is 4.71. The van der Waals surface area contributed by atoms with E-state index in [-0.39, 0.29) is 0 Å². The topological polar surface area (TPSA) is 78.6 Å². The summed E-state index contributed by atoms with van der Waals surface area (Å²) in [7, 11) is 0. The van der Waals surface area contributed by atoms with Gasteiger partial charge in [0.1, 0.15) is 12.1 Å². The van der Waals surface area contributed by atoms with Gasteiger partial charge in [-0.25, -0.2) is 0 Å². The maximum absolute atomic E-state index is 9.61. The van der Waals surface area contributed by atoms with E-state index in [1.807, 2.05) is 12.1 Å². The summed E-state index contributed by atoms with van der Waals surface area (Å²) >= 11 is 0. The molecule has 136 valence electrons. The van der Waals surface area contributed by atoms with Crippen LogP contribution in [-0.4, -0.2) is 48.9 Å². The van der Waals surface area contributed by atoms with Crippen molar-refractivity contribution in [3.8, 4) is 5.75 Å². The van der Waals surface area contributed by atoms with Crippen LogP contribution in [0.4, 0.5) is 5.69 Å². The highest BCUT2D eigenvalue weighted by atomic mass is 16.3. The molecule has 0 spiro atoms. The molecular formula is C19H24N6O. The first-order valence-corrected chi connectivity index (χ1v) is 9.18. The molecule has 7 nitrogen and oxygen atoms in total.